The molecule has 2 aromatic rings. The molecule has 32 heavy (non-hydrogen) atoms. The number of likely N-dealkylation sites (N-methyl/N-ethyl adjacent to an activating group) is 1. The summed E-state index contributed by atoms with van der Waals surface area (Å²) >= 11 is 0. The molecule has 0 aromatic heterocycles. The Bertz CT molecular complexity index is 925. The molecule has 6 heteroatoms. The summed E-state index contributed by atoms with van der Waals surface area (Å²) in [5.74, 6) is 0.491. The minimum atomic E-state index is -0.452. The van der Waals surface area contributed by atoms with Crippen LogP contribution in [-0.4, -0.2) is 57.3 Å². The van der Waals surface area contributed by atoms with Gasteiger partial charge in [-0.05, 0) is 75.0 Å². The minimum Gasteiger partial charge on any atom is -0.496 e. The quantitative estimate of drug-likeness (QED) is 0.736. The van der Waals surface area contributed by atoms with Crippen LogP contribution in [0.2, 0.25) is 0 Å². The van der Waals surface area contributed by atoms with E-state index in [0.717, 1.165) is 55.5 Å². The Morgan fingerprint density at radius 3 is 2.66 bits per heavy atom. The van der Waals surface area contributed by atoms with E-state index in [1.165, 1.54) is 12.1 Å². The van der Waals surface area contributed by atoms with Crippen LogP contribution in [0.1, 0.15) is 31.2 Å². The van der Waals surface area contributed by atoms with Crippen LogP contribution in [0, 0.1) is 11.2 Å². The Morgan fingerprint density at radius 1 is 1.22 bits per heavy atom. The summed E-state index contributed by atoms with van der Waals surface area (Å²) in [6.45, 7) is 3.21. The van der Waals surface area contributed by atoms with Gasteiger partial charge in [0.05, 0.1) is 12.5 Å². The SMILES string of the molecule is COc1ccc(F)cc1-c1ccc(CC2(C(=O)N[C@@H]3CCCN(C)C3)CCOCC2)cc1. The van der Waals surface area contributed by atoms with Gasteiger partial charge in [-0.1, -0.05) is 24.3 Å². The smallest absolute Gasteiger partial charge is 0.226 e. The summed E-state index contributed by atoms with van der Waals surface area (Å²) in [5.41, 5.74) is 2.26. The highest BCUT2D eigenvalue weighted by Gasteiger charge is 2.41. The molecular weight excluding hydrogens is 407 g/mol. The molecule has 2 aliphatic heterocycles. The summed E-state index contributed by atoms with van der Waals surface area (Å²) in [7, 11) is 3.69. The molecule has 0 saturated carbocycles. The lowest BCUT2D eigenvalue weighted by Gasteiger charge is -2.39. The number of methoxy groups -OCH3 is 1. The van der Waals surface area contributed by atoms with Crippen molar-refractivity contribution < 1.29 is 18.7 Å². The van der Waals surface area contributed by atoms with Gasteiger partial charge < -0.3 is 19.7 Å². The highest BCUT2D eigenvalue weighted by molar-refractivity contribution is 5.83. The number of carbonyl (C=O) groups is 1. The molecule has 1 N–H and O–H groups in total. The van der Waals surface area contributed by atoms with Gasteiger partial charge in [-0.25, -0.2) is 4.39 Å². The molecule has 2 heterocycles. The lowest BCUT2D eigenvalue weighted by atomic mass is 9.74. The third-order valence-electron chi connectivity index (χ3n) is 6.86. The van der Waals surface area contributed by atoms with Crippen LogP contribution in [0.3, 0.4) is 0 Å². The van der Waals surface area contributed by atoms with E-state index in [2.05, 4.69) is 17.3 Å². The standard InChI is InChI=1S/C26H33FN2O3/c1-29-13-3-4-22(18-29)28-25(30)26(11-14-32-15-12-26)17-19-5-7-20(8-6-19)23-16-21(27)9-10-24(23)31-2/h5-10,16,22H,3-4,11-15,17-18H2,1-2H3,(H,28,30)/t22-/m1/s1. The number of halogens is 1. The first kappa shape index (κ1) is 22.7. The summed E-state index contributed by atoms with van der Waals surface area (Å²) < 4.78 is 24.8. The van der Waals surface area contributed by atoms with Crippen molar-refractivity contribution in [2.45, 2.75) is 38.1 Å². The van der Waals surface area contributed by atoms with Crippen molar-refractivity contribution in [1.29, 1.82) is 0 Å². The second-order valence-electron chi connectivity index (χ2n) is 9.19. The molecule has 1 amide bonds. The predicted molar refractivity (Wildman–Crippen MR) is 123 cm³/mol. The fourth-order valence-corrected chi connectivity index (χ4v) is 4.97. The predicted octanol–water partition coefficient (Wildman–Crippen LogP) is 4.05. The number of nitrogens with one attached hydrogen (secondary N) is 1. The fraction of sp³-hybridized carbons (Fsp3) is 0.500. The maximum absolute atomic E-state index is 13.8. The largest absolute Gasteiger partial charge is 0.496 e. The summed E-state index contributed by atoms with van der Waals surface area (Å²) in [6, 6.07) is 12.8. The van der Waals surface area contributed by atoms with E-state index in [4.69, 9.17) is 9.47 Å². The minimum absolute atomic E-state index is 0.150. The number of rotatable bonds is 6. The monoisotopic (exact) mass is 440 g/mol. The van der Waals surface area contributed by atoms with Gasteiger partial charge in [-0.3, -0.25) is 4.79 Å². The first-order valence-electron chi connectivity index (χ1n) is 11.5. The maximum atomic E-state index is 13.8. The van der Waals surface area contributed by atoms with Gasteiger partial charge in [0.2, 0.25) is 5.91 Å². The van der Waals surface area contributed by atoms with Gasteiger partial charge in [0.15, 0.2) is 0 Å². The number of hydrogen-bond donors (Lipinski definition) is 1. The highest BCUT2D eigenvalue weighted by Crippen LogP contribution is 2.36. The van der Waals surface area contributed by atoms with Gasteiger partial charge >= 0.3 is 0 Å². The van der Waals surface area contributed by atoms with Crippen molar-refractivity contribution in [2.75, 3.05) is 40.5 Å². The van der Waals surface area contributed by atoms with Gasteiger partial charge in [0.25, 0.3) is 0 Å². The Morgan fingerprint density at radius 2 is 1.97 bits per heavy atom. The Balaban J connectivity index is 1.52. The second kappa shape index (κ2) is 10.0. The Labute approximate surface area is 189 Å². The number of hydrogen-bond acceptors (Lipinski definition) is 4. The number of carbonyl (C=O) groups excluding carboxylic acids is 1. The van der Waals surface area contributed by atoms with E-state index in [1.54, 1.807) is 13.2 Å². The summed E-state index contributed by atoms with van der Waals surface area (Å²) in [6.07, 6.45) is 4.27. The van der Waals surface area contributed by atoms with Crippen LogP contribution < -0.4 is 10.1 Å². The van der Waals surface area contributed by atoms with Crippen molar-refractivity contribution in [3.05, 3.63) is 53.8 Å². The van der Waals surface area contributed by atoms with Gasteiger partial charge in [-0.2, -0.15) is 0 Å². The molecule has 0 aliphatic carbocycles. The number of benzene rings is 2. The van der Waals surface area contributed by atoms with Crippen LogP contribution in [0.4, 0.5) is 4.39 Å². The zero-order chi connectivity index (χ0) is 22.6. The molecule has 2 aromatic carbocycles. The number of ether oxygens (including phenoxy) is 2. The van der Waals surface area contributed by atoms with E-state index in [1.807, 2.05) is 24.3 Å². The number of amides is 1. The molecule has 0 unspecified atom stereocenters. The van der Waals surface area contributed by atoms with Crippen molar-refractivity contribution >= 4 is 5.91 Å². The zero-order valence-electron chi connectivity index (χ0n) is 19.0. The van der Waals surface area contributed by atoms with Crippen LogP contribution in [0.15, 0.2) is 42.5 Å². The topological polar surface area (TPSA) is 50.8 Å². The number of likely N-dealkylation sites (tertiary alicyclic amines) is 1. The van der Waals surface area contributed by atoms with Gasteiger partial charge in [0, 0.05) is 31.4 Å². The third-order valence-corrected chi connectivity index (χ3v) is 6.86. The molecule has 5 nitrogen and oxygen atoms in total. The normalized spacial score (nSPS) is 21.2. The lowest BCUT2D eigenvalue weighted by Crippen LogP contribution is -2.53. The van der Waals surface area contributed by atoms with Crippen molar-refractivity contribution in [3.8, 4) is 16.9 Å². The molecule has 172 valence electrons. The molecule has 0 spiro atoms. The van der Waals surface area contributed by atoms with E-state index in [0.29, 0.717) is 25.4 Å². The fourth-order valence-electron chi connectivity index (χ4n) is 4.97. The van der Waals surface area contributed by atoms with Crippen molar-refractivity contribution in [2.24, 2.45) is 5.41 Å². The average molecular weight is 441 g/mol. The first-order chi connectivity index (χ1) is 15.5. The van der Waals surface area contributed by atoms with E-state index in [9.17, 15) is 9.18 Å². The molecule has 0 radical (unpaired) electrons. The second-order valence-corrected chi connectivity index (χ2v) is 9.19. The first-order valence-corrected chi connectivity index (χ1v) is 11.5. The van der Waals surface area contributed by atoms with E-state index in [-0.39, 0.29) is 17.8 Å². The highest BCUT2D eigenvalue weighted by atomic mass is 19.1. The summed E-state index contributed by atoms with van der Waals surface area (Å²) in [5, 5.41) is 3.34. The van der Waals surface area contributed by atoms with Gasteiger partial charge in [0.1, 0.15) is 11.6 Å². The molecular formula is C26H33FN2O3. The molecule has 2 saturated heterocycles. The number of nitrogens with zero attached hydrogens (tertiary/aromatic N) is 1. The van der Waals surface area contributed by atoms with E-state index < -0.39 is 5.41 Å². The molecule has 0 bridgehead atoms. The van der Waals surface area contributed by atoms with Crippen LogP contribution in [0.25, 0.3) is 11.1 Å². The molecule has 2 aliphatic rings. The van der Waals surface area contributed by atoms with E-state index >= 15 is 0 Å². The summed E-state index contributed by atoms with van der Waals surface area (Å²) in [4.78, 5) is 15.7. The average Bonchev–Trinajstić information content (AvgIpc) is 2.80. The maximum Gasteiger partial charge on any atom is 0.226 e. The van der Waals surface area contributed by atoms with Crippen LogP contribution in [0.5, 0.6) is 5.75 Å². The van der Waals surface area contributed by atoms with Gasteiger partial charge in [-0.15, -0.1) is 0 Å². The Kier molecular flexibility index (Phi) is 7.11. The molecule has 1 atom stereocenters. The number of piperidine rings is 1. The third kappa shape index (κ3) is 5.13. The van der Waals surface area contributed by atoms with Crippen molar-refractivity contribution in [3.63, 3.8) is 0 Å². The van der Waals surface area contributed by atoms with Crippen LogP contribution in [-0.2, 0) is 16.0 Å². The van der Waals surface area contributed by atoms with Crippen molar-refractivity contribution in [1.82, 2.24) is 10.2 Å². The molecule has 4 rings (SSSR count). The lowest BCUT2D eigenvalue weighted by molar-refractivity contribution is -0.137. The Hall–Kier alpha value is -2.44. The zero-order valence-corrected chi connectivity index (χ0v) is 19.0. The van der Waals surface area contributed by atoms with Crippen LogP contribution >= 0.6 is 0 Å². The molecule has 2 fully saturated rings.